The Morgan fingerprint density at radius 3 is 2.72 bits per heavy atom. The first-order chi connectivity index (χ1) is 11.9. The number of benzene rings is 1. The van der Waals surface area contributed by atoms with Crippen LogP contribution in [0.4, 0.5) is 5.82 Å². The Kier molecular flexibility index (Phi) is 7.64. The number of amides is 1. The number of carboxylic acid groups (broad SMARTS) is 1. The van der Waals surface area contributed by atoms with Gasteiger partial charge in [-0.05, 0) is 19.1 Å². The Balaban J connectivity index is 0.000000970. The molecule has 9 heteroatoms. The maximum atomic E-state index is 12.2. The first-order valence-electron chi connectivity index (χ1n) is 7.27. The van der Waals surface area contributed by atoms with Gasteiger partial charge in [-0.25, -0.2) is 4.98 Å². The van der Waals surface area contributed by atoms with Gasteiger partial charge in [0.2, 0.25) is 0 Å². The zero-order valence-electron chi connectivity index (χ0n) is 13.9. The highest BCUT2D eigenvalue weighted by atomic mass is 16.5. The van der Waals surface area contributed by atoms with Crippen molar-refractivity contribution in [3.8, 4) is 5.75 Å². The Labute approximate surface area is 143 Å². The lowest BCUT2D eigenvalue weighted by molar-refractivity contribution is -0.122. The van der Waals surface area contributed by atoms with Crippen LogP contribution in [0.2, 0.25) is 0 Å². The largest absolute Gasteiger partial charge is 0.496 e. The average Bonchev–Trinajstić information content (AvgIpc) is 2.54. The molecule has 0 aliphatic heterocycles. The van der Waals surface area contributed by atoms with Gasteiger partial charge in [0.1, 0.15) is 17.4 Å². The molecule has 0 aliphatic rings. The Morgan fingerprint density at radius 1 is 1.44 bits per heavy atom. The van der Waals surface area contributed by atoms with E-state index in [0.29, 0.717) is 30.1 Å². The molecule has 25 heavy (non-hydrogen) atoms. The molecule has 0 radical (unpaired) electrons. The van der Waals surface area contributed by atoms with Crippen molar-refractivity contribution < 1.29 is 19.4 Å². The summed E-state index contributed by atoms with van der Waals surface area (Å²) in [5.41, 5.74) is 6.63. The minimum atomic E-state index is -0.311. The van der Waals surface area contributed by atoms with Gasteiger partial charge in [-0.3, -0.25) is 14.4 Å². The van der Waals surface area contributed by atoms with Gasteiger partial charge in [0.05, 0.1) is 12.7 Å². The number of anilines is 1. The van der Waals surface area contributed by atoms with Crippen LogP contribution in [0.1, 0.15) is 21.7 Å². The summed E-state index contributed by atoms with van der Waals surface area (Å²) in [4.78, 5) is 38.4. The summed E-state index contributed by atoms with van der Waals surface area (Å²) in [5.74, 6) is 0.859. The molecule has 0 aliphatic carbocycles. The summed E-state index contributed by atoms with van der Waals surface area (Å²) in [6.45, 7) is 1.97. The lowest BCUT2D eigenvalue weighted by Crippen LogP contribution is -2.27. The number of methoxy groups -OCH3 is 1. The van der Waals surface area contributed by atoms with Crippen LogP contribution in [0.3, 0.4) is 0 Å². The molecular weight excluding hydrogens is 328 g/mol. The second-order valence-corrected chi connectivity index (χ2v) is 4.93. The van der Waals surface area contributed by atoms with Gasteiger partial charge >= 0.3 is 0 Å². The van der Waals surface area contributed by atoms with Crippen LogP contribution >= 0.6 is 0 Å². The van der Waals surface area contributed by atoms with E-state index in [0.717, 1.165) is 5.56 Å². The number of nitrogen functional groups attached to an aromatic ring is 1. The van der Waals surface area contributed by atoms with E-state index < -0.39 is 0 Å². The van der Waals surface area contributed by atoms with E-state index in [1.54, 1.807) is 12.1 Å². The van der Waals surface area contributed by atoms with Gasteiger partial charge in [0, 0.05) is 19.0 Å². The molecule has 0 atom stereocenters. The second-order valence-electron chi connectivity index (χ2n) is 4.93. The monoisotopic (exact) mass is 348 g/mol. The van der Waals surface area contributed by atoms with E-state index in [-0.39, 0.29) is 23.8 Å². The Bertz CT molecular complexity index is 788. The van der Waals surface area contributed by atoms with Gasteiger partial charge in [0.15, 0.2) is 0 Å². The van der Waals surface area contributed by atoms with Crippen molar-refractivity contribution in [1.82, 2.24) is 15.3 Å². The van der Waals surface area contributed by atoms with E-state index in [1.165, 1.54) is 13.2 Å². The van der Waals surface area contributed by atoms with E-state index in [9.17, 15) is 9.59 Å². The molecule has 0 bridgehead atoms. The number of carbonyl (C=O) groups excluding carboxylic acids is 1. The van der Waals surface area contributed by atoms with Crippen molar-refractivity contribution in [3.63, 3.8) is 0 Å². The summed E-state index contributed by atoms with van der Waals surface area (Å²) in [5, 5.41) is 9.66. The van der Waals surface area contributed by atoms with Gasteiger partial charge in [-0.1, -0.05) is 11.6 Å². The summed E-state index contributed by atoms with van der Waals surface area (Å²) >= 11 is 0. The summed E-state index contributed by atoms with van der Waals surface area (Å²) < 4.78 is 5.18. The fraction of sp³-hybridized carbons (Fsp3) is 0.250. The molecule has 0 fully saturated rings. The van der Waals surface area contributed by atoms with Crippen molar-refractivity contribution in [2.24, 2.45) is 0 Å². The third kappa shape index (κ3) is 6.34. The van der Waals surface area contributed by atoms with Crippen LogP contribution in [0.25, 0.3) is 0 Å². The molecule has 134 valence electrons. The number of carbonyl (C=O) groups is 2. The van der Waals surface area contributed by atoms with Crippen molar-refractivity contribution in [1.29, 1.82) is 0 Å². The number of aromatic amines is 1. The number of rotatable bonds is 5. The minimum absolute atomic E-state index is 0.158. The number of hydrogen-bond donors (Lipinski definition) is 4. The molecular formula is C16H20N4O5. The Hall–Kier alpha value is -3.36. The third-order valence-electron chi connectivity index (χ3n) is 3.06. The van der Waals surface area contributed by atoms with Crippen LogP contribution in [0, 0.1) is 6.92 Å². The molecule has 2 aromatic rings. The number of nitrogens with zero attached hydrogens (tertiary/aromatic N) is 1. The number of ether oxygens (including phenoxy) is 1. The first kappa shape index (κ1) is 19.7. The van der Waals surface area contributed by atoms with Gasteiger partial charge < -0.3 is 25.9 Å². The zero-order valence-corrected chi connectivity index (χ0v) is 13.9. The maximum Gasteiger partial charge on any atom is 0.290 e. The SMILES string of the molecule is COc1ccc(C)cc1C(=O)NCCc1nc(N)cc(=O)[nH]1.O=CO. The third-order valence-corrected chi connectivity index (χ3v) is 3.06. The molecule has 1 aromatic heterocycles. The topological polar surface area (TPSA) is 147 Å². The van der Waals surface area contributed by atoms with Gasteiger partial charge in [0.25, 0.3) is 17.9 Å². The average molecular weight is 348 g/mol. The molecule has 0 unspecified atom stereocenters. The Morgan fingerprint density at radius 2 is 2.12 bits per heavy atom. The van der Waals surface area contributed by atoms with E-state index in [1.807, 2.05) is 13.0 Å². The zero-order chi connectivity index (χ0) is 18.8. The predicted octanol–water partition coefficient (Wildman–Crippen LogP) is 0.342. The molecule has 1 aromatic carbocycles. The van der Waals surface area contributed by atoms with Crippen molar-refractivity contribution in [2.75, 3.05) is 19.4 Å². The van der Waals surface area contributed by atoms with Crippen molar-refractivity contribution >= 4 is 18.2 Å². The quantitative estimate of drug-likeness (QED) is 0.570. The molecule has 1 amide bonds. The predicted molar refractivity (Wildman–Crippen MR) is 91.7 cm³/mol. The fourth-order valence-electron chi connectivity index (χ4n) is 2.04. The highest BCUT2D eigenvalue weighted by Crippen LogP contribution is 2.19. The number of aromatic nitrogens is 2. The number of nitrogens with one attached hydrogen (secondary N) is 2. The smallest absolute Gasteiger partial charge is 0.290 e. The van der Waals surface area contributed by atoms with Crippen molar-refractivity contribution in [3.05, 3.63) is 51.6 Å². The van der Waals surface area contributed by atoms with E-state index in [4.69, 9.17) is 20.4 Å². The van der Waals surface area contributed by atoms with Crippen LogP contribution in [-0.2, 0) is 11.2 Å². The van der Waals surface area contributed by atoms with Crippen LogP contribution in [0.5, 0.6) is 5.75 Å². The lowest BCUT2D eigenvalue weighted by Gasteiger charge is -2.10. The number of hydrogen-bond acceptors (Lipinski definition) is 6. The molecule has 9 nitrogen and oxygen atoms in total. The molecule has 5 N–H and O–H groups in total. The van der Waals surface area contributed by atoms with Crippen LogP contribution in [0.15, 0.2) is 29.1 Å². The summed E-state index contributed by atoms with van der Waals surface area (Å²) in [6, 6.07) is 6.59. The molecule has 0 spiro atoms. The summed E-state index contributed by atoms with van der Waals surface area (Å²) in [6.07, 6.45) is 0.375. The van der Waals surface area contributed by atoms with Gasteiger partial charge in [-0.2, -0.15) is 0 Å². The number of H-pyrrole nitrogens is 1. The molecule has 2 rings (SSSR count). The van der Waals surface area contributed by atoms with Crippen molar-refractivity contribution in [2.45, 2.75) is 13.3 Å². The standard InChI is InChI=1S/C15H18N4O3.CH2O2/c1-9-3-4-11(22-2)10(7-9)15(21)17-6-5-13-18-12(16)8-14(20)19-13;2-1-3/h3-4,7-8H,5-6H2,1-2H3,(H,17,21)(H3,16,18,19,20);1H,(H,2,3). The normalized spacial score (nSPS) is 9.52. The number of aryl methyl sites for hydroxylation is 1. The number of nitrogens with two attached hydrogens (primary N) is 1. The summed E-state index contributed by atoms with van der Waals surface area (Å²) in [7, 11) is 1.52. The van der Waals surface area contributed by atoms with Gasteiger partial charge in [-0.15, -0.1) is 0 Å². The van der Waals surface area contributed by atoms with E-state index in [2.05, 4.69) is 15.3 Å². The molecule has 0 saturated heterocycles. The molecule has 0 saturated carbocycles. The first-order valence-corrected chi connectivity index (χ1v) is 7.27. The molecule has 1 heterocycles. The maximum absolute atomic E-state index is 12.2. The van der Waals surface area contributed by atoms with Crippen LogP contribution < -0.4 is 21.3 Å². The highest BCUT2D eigenvalue weighted by molar-refractivity contribution is 5.97. The minimum Gasteiger partial charge on any atom is -0.496 e. The van der Waals surface area contributed by atoms with E-state index >= 15 is 0 Å². The second kappa shape index (κ2) is 9.71. The fourth-order valence-corrected chi connectivity index (χ4v) is 2.04. The highest BCUT2D eigenvalue weighted by Gasteiger charge is 2.12. The lowest BCUT2D eigenvalue weighted by atomic mass is 10.1. The van der Waals surface area contributed by atoms with Crippen LogP contribution in [-0.4, -0.2) is 41.1 Å².